The number of nitrogens with zero attached hydrogens (tertiary/aromatic N) is 3. The van der Waals surface area contributed by atoms with Gasteiger partial charge in [-0.3, -0.25) is 4.79 Å². The van der Waals surface area contributed by atoms with Crippen molar-refractivity contribution in [3.8, 4) is 0 Å². The van der Waals surface area contributed by atoms with Crippen LogP contribution in [0.25, 0.3) is 0 Å². The highest BCUT2D eigenvalue weighted by molar-refractivity contribution is 14.1. The van der Waals surface area contributed by atoms with Gasteiger partial charge >= 0.3 is 12.1 Å². The van der Waals surface area contributed by atoms with Gasteiger partial charge in [-0.05, 0) is 34.7 Å². The van der Waals surface area contributed by atoms with Gasteiger partial charge in [-0.2, -0.15) is 0 Å². The van der Waals surface area contributed by atoms with Gasteiger partial charge in [-0.15, -0.1) is 0 Å². The van der Waals surface area contributed by atoms with Gasteiger partial charge in [0, 0.05) is 22.9 Å². The van der Waals surface area contributed by atoms with E-state index in [0.29, 0.717) is 3.57 Å². The maximum Gasteiger partial charge on any atom is 0.407 e. The van der Waals surface area contributed by atoms with E-state index in [-0.39, 0.29) is 25.3 Å². The monoisotopic (exact) mass is 405 g/mol. The van der Waals surface area contributed by atoms with E-state index in [4.69, 9.17) is 5.11 Å². The van der Waals surface area contributed by atoms with Gasteiger partial charge in [0.2, 0.25) is 0 Å². The second-order valence-corrected chi connectivity index (χ2v) is 5.58. The van der Waals surface area contributed by atoms with E-state index >= 15 is 0 Å². The molecule has 1 aliphatic rings. The SMILES string of the molecule is O=C(O)[C@@H]1CN(C(=O)O)CCN1C(=O)c1ncccc1I. The molecule has 8 nitrogen and oxygen atoms in total. The predicted octanol–water partition coefficient (Wildman–Crippen LogP) is 0.575. The van der Waals surface area contributed by atoms with E-state index in [0.717, 1.165) is 9.80 Å². The van der Waals surface area contributed by atoms with Crippen LogP contribution in [0.5, 0.6) is 0 Å². The Labute approximate surface area is 133 Å². The lowest BCUT2D eigenvalue weighted by atomic mass is 10.1. The maximum atomic E-state index is 12.4. The Hall–Kier alpha value is -1.91. The lowest BCUT2D eigenvalue weighted by molar-refractivity contribution is -0.144. The molecule has 0 radical (unpaired) electrons. The van der Waals surface area contributed by atoms with Gasteiger partial charge in [0.1, 0.15) is 11.7 Å². The molecule has 1 aromatic rings. The topological polar surface area (TPSA) is 111 Å². The van der Waals surface area contributed by atoms with Gasteiger partial charge in [-0.25, -0.2) is 14.6 Å². The number of halogens is 1. The molecule has 9 heteroatoms. The normalized spacial score (nSPS) is 18.4. The van der Waals surface area contributed by atoms with Crippen LogP contribution in [-0.4, -0.2) is 68.6 Å². The number of aliphatic carboxylic acids is 1. The van der Waals surface area contributed by atoms with Gasteiger partial charge < -0.3 is 20.0 Å². The Morgan fingerprint density at radius 1 is 1.29 bits per heavy atom. The van der Waals surface area contributed by atoms with E-state index in [1.807, 2.05) is 22.6 Å². The summed E-state index contributed by atoms with van der Waals surface area (Å²) >= 11 is 1.95. The number of piperazine rings is 1. The third-order valence-electron chi connectivity index (χ3n) is 3.16. The summed E-state index contributed by atoms with van der Waals surface area (Å²) in [6.07, 6.45) is 0.263. The Morgan fingerprint density at radius 3 is 2.57 bits per heavy atom. The highest BCUT2D eigenvalue weighted by atomic mass is 127. The summed E-state index contributed by atoms with van der Waals surface area (Å²) in [4.78, 5) is 40.8. The second kappa shape index (κ2) is 6.24. The van der Waals surface area contributed by atoms with Gasteiger partial charge in [0.25, 0.3) is 5.91 Å². The van der Waals surface area contributed by atoms with Crippen molar-refractivity contribution in [2.75, 3.05) is 19.6 Å². The number of carboxylic acid groups (broad SMARTS) is 2. The van der Waals surface area contributed by atoms with Crippen molar-refractivity contribution in [3.63, 3.8) is 0 Å². The van der Waals surface area contributed by atoms with E-state index < -0.39 is 24.0 Å². The fraction of sp³-hybridized carbons (Fsp3) is 0.333. The Balaban J connectivity index is 2.26. The molecule has 2 rings (SSSR count). The molecule has 0 saturated carbocycles. The van der Waals surface area contributed by atoms with Crippen LogP contribution in [0.2, 0.25) is 0 Å². The second-order valence-electron chi connectivity index (χ2n) is 4.42. The zero-order valence-corrected chi connectivity index (χ0v) is 12.9. The standard InChI is InChI=1S/C12H12IN3O5/c13-7-2-1-3-14-9(7)10(17)16-5-4-15(12(20)21)6-8(16)11(18)19/h1-3,8H,4-6H2,(H,18,19)(H,20,21)/t8-/m0/s1. The van der Waals surface area contributed by atoms with E-state index in [1.165, 1.54) is 6.20 Å². The average molecular weight is 405 g/mol. The molecule has 0 unspecified atom stereocenters. The van der Waals surface area contributed by atoms with Gasteiger partial charge in [0.15, 0.2) is 0 Å². The average Bonchev–Trinajstić information content (AvgIpc) is 2.46. The Morgan fingerprint density at radius 2 is 2.00 bits per heavy atom. The largest absolute Gasteiger partial charge is 0.480 e. The van der Waals surface area contributed by atoms with Crippen LogP contribution in [0.1, 0.15) is 10.5 Å². The number of hydrogen-bond acceptors (Lipinski definition) is 4. The first-order valence-electron chi connectivity index (χ1n) is 6.04. The van der Waals surface area contributed by atoms with Crippen LogP contribution in [0, 0.1) is 3.57 Å². The number of rotatable bonds is 2. The Bertz CT molecular complexity index is 594. The number of carboxylic acids is 1. The summed E-state index contributed by atoms with van der Waals surface area (Å²) in [5.41, 5.74) is 0.174. The van der Waals surface area contributed by atoms with Crippen LogP contribution in [0.15, 0.2) is 18.3 Å². The lowest BCUT2D eigenvalue weighted by Gasteiger charge is -2.37. The molecule has 1 saturated heterocycles. The maximum absolute atomic E-state index is 12.4. The highest BCUT2D eigenvalue weighted by Crippen LogP contribution is 2.17. The first kappa shape index (κ1) is 15.5. The van der Waals surface area contributed by atoms with Crippen LogP contribution < -0.4 is 0 Å². The van der Waals surface area contributed by atoms with Crippen molar-refractivity contribution in [1.29, 1.82) is 0 Å². The van der Waals surface area contributed by atoms with Crippen molar-refractivity contribution in [2.45, 2.75) is 6.04 Å². The number of amides is 2. The minimum Gasteiger partial charge on any atom is -0.480 e. The first-order valence-corrected chi connectivity index (χ1v) is 7.12. The zero-order valence-electron chi connectivity index (χ0n) is 10.8. The molecular weight excluding hydrogens is 393 g/mol. The molecule has 2 N–H and O–H groups in total. The van der Waals surface area contributed by atoms with Crippen molar-refractivity contribution >= 4 is 40.6 Å². The summed E-state index contributed by atoms with van der Waals surface area (Å²) in [6, 6.07) is 2.17. The van der Waals surface area contributed by atoms with Crippen LogP contribution in [0.4, 0.5) is 4.79 Å². The summed E-state index contributed by atoms with van der Waals surface area (Å²) in [6.45, 7) is -0.150. The molecule has 1 aromatic heterocycles. The van der Waals surface area contributed by atoms with E-state index in [2.05, 4.69) is 4.98 Å². The highest BCUT2D eigenvalue weighted by Gasteiger charge is 2.38. The lowest BCUT2D eigenvalue weighted by Crippen LogP contribution is -2.59. The third-order valence-corrected chi connectivity index (χ3v) is 4.03. The first-order chi connectivity index (χ1) is 9.91. The quantitative estimate of drug-likeness (QED) is 0.697. The summed E-state index contributed by atoms with van der Waals surface area (Å²) < 4.78 is 0.616. The zero-order chi connectivity index (χ0) is 15.6. The van der Waals surface area contributed by atoms with Crippen LogP contribution in [0.3, 0.4) is 0 Å². The predicted molar refractivity (Wildman–Crippen MR) is 79.0 cm³/mol. The summed E-state index contributed by atoms with van der Waals surface area (Å²) in [5.74, 6) is -1.74. The number of carbonyl (C=O) groups excluding carboxylic acids is 1. The van der Waals surface area contributed by atoms with Crippen LogP contribution >= 0.6 is 22.6 Å². The molecule has 2 amide bonds. The molecule has 1 atom stereocenters. The molecule has 112 valence electrons. The third kappa shape index (κ3) is 3.23. The molecule has 0 spiro atoms. The smallest absolute Gasteiger partial charge is 0.407 e. The van der Waals surface area contributed by atoms with Crippen molar-refractivity contribution in [1.82, 2.24) is 14.8 Å². The molecule has 1 aliphatic heterocycles. The number of hydrogen-bond donors (Lipinski definition) is 2. The number of aromatic nitrogens is 1. The molecule has 0 bridgehead atoms. The number of carbonyl (C=O) groups is 3. The van der Waals surface area contributed by atoms with Crippen LogP contribution in [-0.2, 0) is 4.79 Å². The molecular formula is C12H12IN3O5. The number of pyridine rings is 1. The molecule has 21 heavy (non-hydrogen) atoms. The fourth-order valence-electron chi connectivity index (χ4n) is 2.09. The summed E-state index contributed by atoms with van der Waals surface area (Å²) in [5, 5.41) is 18.2. The van der Waals surface area contributed by atoms with Gasteiger partial charge in [-0.1, -0.05) is 0 Å². The van der Waals surface area contributed by atoms with Crippen molar-refractivity contribution < 1.29 is 24.6 Å². The van der Waals surface area contributed by atoms with Crippen molar-refractivity contribution in [2.24, 2.45) is 0 Å². The molecule has 0 aliphatic carbocycles. The van der Waals surface area contributed by atoms with Crippen molar-refractivity contribution in [3.05, 3.63) is 27.6 Å². The van der Waals surface area contributed by atoms with E-state index in [1.54, 1.807) is 12.1 Å². The summed E-state index contributed by atoms with van der Waals surface area (Å²) in [7, 11) is 0. The molecule has 2 heterocycles. The minimum absolute atomic E-state index is 0.0226. The molecule has 1 fully saturated rings. The molecule has 0 aromatic carbocycles. The van der Waals surface area contributed by atoms with E-state index in [9.17, 15) is 19.5 Å². The minimum atomic E-state index is -1.24. The van der Waals surface area contributed by atoms with Gasteiger partial charge in [0.05, 0.1) is 6.54 Å². The Kier molecular flexibility index (Phi) is 4.60. The fourth-order valence-corrected chi connectivity index (χ4v) is 2.67.